The second-order valence-corrected chi connectivity index (χ2v) is 7.84. The van der Waals surface area contributed by atoms with Gasteiger partial charge in [-0.05, 0) is 31.2 Å². The number of ether oxygens (including phenoxy) is 1. The van der Waals surface area contributed by atoms with Gasteiger partial charge in [0.1, 0.15) is 5.75 Å². The number of nitrogens with zero attached hydrogens (tertiary/aromatic N) is 1. The summed E-state index contributed by atoms with van der Waals surface area (Å²) < 4.78 is 5.15. The molecule has 0 radical (unpaired) electrons. The second kappa shape index (κ2) is 7.65. The Kier molecular flexibility index (Phi) is 5.79. The lowest BCUT2D eigenvalue weighted by molar-refractivity contribution is -0.130. The van der Waals surface area contributed by atoms with Crippen LogP contribution >= 0.6 is 11.3 Å². The number of methoxy groups -OCH3 is 1. The van der Waals surface area contributed by atoms with E-state index in [9.17, 15) is 9.59 Å². The summed E-state index contributed by atoms with van der Waals surface area (Å²) in [5, 5.41) is 5.86. The van der Waals surface area contributed by atoms with Crippen LogP contribution < -0.4 is 15.4 Å². The van der Waals surface area contributed by atoms with Crippen LogP contribution in [-0.4, -0.2) is 30.5 Å². The Morgan fingerprint density at radius 2 is 1.84 bits per heavy atom. The summed E-state index contributed by atoms with van der Waals surface area (Å²) in [6.07, 6.45) is 0. The van der Waals surface area contributed by atoms with Gasteiger partial charge in [-0.15, -0.1) is 11.3 Å². The zero-order valence-corrected chi connectivity index (χ0v) is 15.9. The highest BCUT2D eigenvalue weighted by molar-refractivity contribution is 7.16. The van der Waals surface area contributed by atoms with Crippen molar-refractivity contribution in [3.05, 3.63) is 29.1 Å². The van der Waals surface area contributed by atoms with E-state index in [1.807, 2.05) is 31.2 Å². The molecule has 1 aromatic carbocycles. The molecule has 25 heavy (non-hydrogen) atoms. The van der Waals surface area contributed by atoms with Crippen LogP contribution in [0.4, 0.5) is 5.13 Å². The van der Waals surface area contributed by atoms with E-state index in [4.69, 9.17) is 4.74 Å². The maximum absolute atomic E-state index is 12.0. The lowest BCUT2D eigenvalue weighted by Gasteiger charge is -2.17. The normalized spacial score (nSPS) is 11.1. The molecule has 0 bridgehead atoms. The molecular formula is C18H23N3O3S. The first-order valence-corrected chi connectivity index (χ1v) is 8.72. The van der Waals surface area contributed by atoms with Crippen molar-refractivity contribution >= 4 is 28.3 Å². The van der Waals surface area contributed by atoms with Gasteiger partial charge in [0.15, 0.2) is 5.13 Å². The third kappa shape index (κ3) is 5.03. The molecule has 2 aromatic rings. The van der Waals surface area contributed by atoms with Gasteiger partial charge in [-0.2, -0.15) is 0 Å². The van der Waals surface area contributed by atoms with Gasteiger partial charge in [-0.3, -0.25) is 9.59 Å². The molecule has 1 aromatic heterocycles. The van der Waals surface area contributed by atoms with E-state index in [0.29, 0.717) is 5.13 Å². The van der Waals surface area contributed by atoms with Crippen molar-refractivity contribution in [2.24, 2.45) is 5.41 Å². The van der Waals surface area contributed by atoms with Gasteiger partial charge in [0.25, 0.3) is 0 Å². The highest BCUT2D eigenvalue weighted by Gasteiger charge is 2.21. The van der Waals surface area contributed by atoms with Crippen LogP contribution in [0, 0.1) is 12.3 Å². The number of hydrogen-bond acceptors (Lipinski definition) is 5. The third-order valence-electron chi connectivity index (χ3n) is 3.50. The van der Waals surface area contributed by atoms with Gasteiger partial charge in [0.2, 0.25) is 11.8 Å². The van der Waals surface area contributed by atoms with Crippen LogP contribution in [0.2, 0.25) is 0 Å². The van der Waals surface area contributed by atoms with Crippen molar-refractivity contribution < 1.29 is 14.3 Å². The number of aryl methyl sites for hydroxylation is 1. The van der Waals surface area contributed by atoms with Crippen LogP contribution in [0.5, 0.6) is 5.75 Å². The molecule has 0 saturated carbocycles. The van der Waals surface area contributed by atoms with Gasteiger partial charge < -0.3 is 15.4 Å². The Morgan fingerprint density at radius 3 is 2.40 bits per heavy atom. The summed E-state index contributed by atoms with van der Waals surface area (Å²) in [5.74, 6) is 0.310. The Hall–Kier alpha value is -2.41. The number of rotatable bonds is 5. The van der Waals surface area contributed by atoms with E-state index in [0.717, 1.165) is 21.9 Å². The number of anilines is 1. The number of carbonyl (C=O) groups is 2. The van der Waals surface area contributed by atoms with Crippen LogP contribution in [-0.2, 0) is 9.59 Å². The Morgan fingerprint density at radius 1 is 1.20 bits per heavy atom. The fourth-order valence-corrected chi connectivity index (χ4v) is 2.91. The summed E-state index contributed by atoms with van der Waals surface area (Å²) in [6.45, 7) is 7.27. The number of thiazole rings is 1. The average molecular weight is 361 g/mol. The molecule has 0 atom stereocenters. The minimum atomic E-state index is -0.528. The molecule has 134 valence electrons. The number of nitrogens with one attached hydrogen (secondary N) is 2. The molecule has 0 spiro atoms. The molecule has 2 rings (SSSR count). The van der Waals surface area contributed by atoms with Gasteiger partial charge in [-0.1, -0.05) is 20.8 Å². The number of carbonyl (C=O) groups excluding carboxylic acids is 2. The highest BCUT2D eigenvalue weighted by Crippen LogP contribution is 2.31. The lowest BCUT2D eigenvalue weighted by atomic mass is 9.96. The Balaban J connectivity index is 2.02. The summed E-state index contributed by atoms with van der Waals surface area (Å²) in [5.41, 5.74) is 1.25. The third-order valence-corrected chi connectivity index (χ3v) is 4.38. The van der Waals surface area contributed by atoms with Crippen LogP contribution in [0.3, 0.4) is 0 Å². The second-order valence-electron chi connectivity index (χ2n) is 6.63. The van der Waals surface area contributed by atoms with Gasteiger partial charge in [-0.25, -0.2) is 4.98 Å². The zero-order chi connectivity index (χ0) is 18.6. The first-order valence-electron chi connectivity index (χ1n) is 7.90. The number of hydrogen-bond donors (Lipinski definition) is 2. The molecule has 0 unspecified atom stereocenters. The van der Waals surface area contributed by atoms with Crippen LogP contribution in [0.1, 0.15) is 25.6 Å². The highest BCUT2D eigenvalue weighted by atomic mass is 32.1. The SMILES string of the molecule is COc1ccc(-c2nc(NC(=O)CNC(=O)C(C)(C)C)sc2C)cc1. The smallest absolute Gasteiger partial charge is 0.245 e. The summed E-state index contributed by atoms with van der Waals surface area (Å²) in [7, 11) is 1.62. The number of benzene rings is 1. The standard InChI is InChI=1S/C18H23N3O3S/c1-11-15(12-6-8-13(24-5)9-7-12)21-17(25-11)20-14(22)10-19-16(23)18(2,3)4/h6-9H,10H2,1-5H3,(H,19,23)(H,20,21,22). The molecule has 0 aliphatic rings. The first kappa shape index (κ1) is 18.9. The molecule has 0 aliphatic heterocycles. The van der Waals surface area contributed by atoms with E-state index in [-0.39, 0.29) is 18.4 Å². The minimum Gasteiger partial charge on any atom is -0.497 e. The minimum absolute atomic E-state index is 0.0768. The zero-order valence-electron chi connectivity index (χ0n) is 15.1. The van der Waals surface area contributed by atoms with Gasteiger partial charge in [0.05, 0.1) is 19.3 Å². The van der Waals surface area contributed by atoms with Crippen molar-refractivity contribution in [1.82, 2.24) is 10.3 Å². The van der Waals surface area contributed by atoms with Gasteiger partial charge >= 0.3 is 0 Å². The summed E-state index contributed by atoms with van der Waals surface area (Å²) >= 11 is 1.40. The molecule has 0 fully saturated rings. The Labute approximate surface area is 151 Å². The van der Waals surface area contributed by atoms with Gasteiger partial charge in [0, 0.05) is 15.9 Å². The van der Waals surface area contributed by atoms with Crippen molar-refractivity contribution in [2.45, 2.75) is 27.7 Å². The van der Waals surface area contributed by atoms with E-state index < -0.39 is 5.41 Å². The fourth-order valence-electron chi connectivity index (χ4n) is 2.06. The van der Waals surface area contributed by atoms with Crippen molar-refractivity contribution in [3.63, 3.8) is 0 Å². The maximum atomic E-state index is 12.0. The monoisotopic (exact) mass is 361 g/mol. The molecular weight excluding hydrogens is 338 g/mol. The topological polar surface area (TPSA) is 80.3 Å². The number of amides is 2. The van der Waals surface area contributed by atoms with E-state index in [1.54, 1.807) is 27.9 Å². The molecule has 0 aliphatic carbocycles. The van der Waals surface area contributed by atoms with Crippen LogP contribution in [0.25, 0.3) is 11.3 Å². The maximum Gasteiger partial charge on any atom is 0.245 e. The molecule has 2 N–H and O–H groups in total. The first-order chi connectivity index (χ1) is 11.7. The van der Waals surface area contributed by atoms with Crippen molar-refractivity contribution in [1.29, 1.82) is 0 Å². The molecule has 0 saturated heterocycles. The lowest BCUT2D eigenvalue weighted by Crippen LogP contribution is -2.39. The number of aromatic nitrogens is 1. The summed E-state index contributed by atoms with van der Waals surface area (Å²) in [4.78, 5) is 29.3. The average Bonchev–Trinajstić information content (AvgIpc) is 2.92. The van der Waals surface area contributed by atoms with Crippen molar-refractivity contribution in [3.8, 4) is 17.0 Å². The molecule has 2 amide bonds. The molecule has 7 heteroatoms. The van der Waals surface area contributed by atoms with Crippen LogP contribution in [0.15, 0.2) is 24.3 Å². The molecule has 6 nitrogen and oxygen atoms in total. The quantitative estimate of drug-likeness (QED) is 0.857. The summed E-state index contributed by atoms with van der Waals surface area (Å²) in [6, 6.07) is 7.59. The Bertz CT molecular complexity index is 761. The van der Waals surface area contributed by atoms with E-state index in [1.165, 1.54) is 11.3 Å². The van der Waals surface area contributed by atoms with Crippen molar-refractivity contribution in [2.75, 3.05) is 19.0 Å². The predicted molar refractivity (Wildman–Crippen MR) is 99.9 cm³/mol. The van der Waals surface area contributed by atoms with E-state index in [2.05, 4.69) is 15.6 Å². The van der Waals surface area contributed by atoms with E-state index >= 15 is 0 Å². The largest absolute Gasteiger partial charge is 0.497 e. The predicted octanol–water partition coefficient (Wildman–Crippen LogP) is 3.23. The molecule has 1 heterocycles. The fraction of sp³-hybridized carbons (Fsp3) is 0.389.